The van der Waals surface area contributed by atoms with Gasteiger partial charge in [-0.1, -0.05) is 13.8 Å². The van der Waals surface area contributed by atoms with Gasteiger partial charge in [-0.25, -0.2) is 19.3 Å². The predicted octanol–water partition coefficient (Wildman–Crippen LogP) is 2.65. The van der Waals surface area contributed by atoms with E-state index >= 15 is 0 Å². The van der Waals surface area contributed by atoms with Gasteiger partial charge in [0, 0.05) is 24.8 Å². The van der Waals surface area contributed by atoms with Crippen molar-refractivity contribution in [1.82, 2.24) is 9.97 Å². The minimum atomic E-state index is -1.55. The highest BCUT2D eigenvalue weighted by Crippen LogP contribution is 2.19. The van der Waals surface area contributed by atoms with Crippen LogP contribution in [-0.4, -0.2) is 33.2 Å². The van der Waals surface area contributed by atoms with E-state index in [1.54, 1.807) is 24.3 Å². The Morgan fingerprint density at radius 3 is 2.46 bits per heavy atom. The van der Waals surface area contributed by atoms with Crippen molar-refractivity contribution in [2.24, 2.45) is 5.14 Å². The summed E-state index contributed by atoms with van der Waals surface area (Å²) >= 11 is 0. The molecule has 0 saturated heterocycles. The molecule has 1 aromatic carbocycles. The van der Waals surface area contributed by atoms with Crippen molar-refractivity contribution < 1.29 is 9.00 Å². The van der Waals surface area contributed by atoms with Gasteiger partial charge in [0.05, 0.1) is 4.90 Å². The first-order valence-corrected chi connectivity index (χ1v) is 9.82. The number of anilines is 2. The Kier molecular flexibility index (Phi) is 7.23. The summed E-state index contributed by atoms with van der Waals surface area (Å²) in [5.74, 6) is 0.436. The van der Waals surface area contributed by atoms with Gasteiger partial charge in [-0.05, 0) is 43.5 Å². The molecule has 0 bridgehead atoms. The summed E-state index contributed by atoms with van der Waals surface area (Å²) in [5, 5.41) is 8.22. The smallest absolute Gasteiger partial charge is 0.274 e. The number of carbonyl (C=O) groups is 1. The van der Waals surface area contributed by atoms with E-state index in [0.29, 0.717) is 16.3 Å². The van der Waals surface area contributed by atoms with Gasteiger partial charge in [0.1, 0.15) is 28.8 Å². The fraction of sp³-hybridized carbons (Fsp3) is 0.389. The van der Waals surface area contributed by atoms with Crippen molar-refractivity contribution in [3.63, 3.8) is 0 Å². The van der Waals surface area contributed by atoms with Gasteiger partial charge in [0.15, 0.2) is 0 Å². The molecule has 7 nitrogen and oxygen atoms in total. The number of nitrogens with one attached hydrogen (secondary N) is 1. The fourth-order valence-electron chi connectivity index (χ4n) is 2.61. The molecule has 140 valence electrons. The lowest BCUT2D eigenvalue weighted by molar-refractivity contribution is 0.102. The number of benzene rings is 1. The molecule has 0 aliphatic rings. The zero-order valence-electron chi connectivity index (χ0n) is 15.4. The van der Waals surface area contributed by atoms with Crippen LogP contribution in [0, 0.1) is 6.92 Å². The molecule has 0 saturated carbocycles. The van der Waals surface area contributed by atoms with Gasteiger partial charge in [0.25, 0.3) is 5.91 Å². The van der Waals surface area contributed by atoms with Crippen LogP contribution in [0.25, 0.3) is 0 Å². The van der Waals surface area contributed by atoms with Crippen molar-refractivity contribution in [3.05, 3.63) is 41.9 Å². The lowest BCUT2D eigenvalue weighted by atomic mass is 10.2. The number of nitrogens with two attached hydrogens (primary N) is 1. The monoisotopic (exact) mass is 375 g/mol. The molecule has 1 unspecified atom stereocenters. The predicted molar refractivity (Wildman–Crippen MR) is 105 cm³/mol. The van der Waals surface area contributed by atoms with Crippen molar-refractivity contribution in [2.45, 2.75) is 38.5 Å². The minimum absolute atomic E-state index is 0.304. The van der Waals surface area contributed by atoms with E-state index in [1.165, 1.54) is 6.33 Å². The van der Waals surface area contributed by atoms with Crippen molar-refractivity contribution in [2.75, 3.05) is 23.3 Å². The third-order valence-corrected chi connectivity index (χ3v) is 4.59. The van der Waals surface area contributed by atoms with Gasteiger partial charge in [0.2, 0.25) is 0 Å². The summed E-state index contributed by atoms with van der Waals surface area (Å²) in [5.41, 5.74) is 1.71. The summed E-state index contributed by atoms with van der Waals surface area (Å²) in [6.45, 7) is 7.80. The van der Waals surface area contributed by atoms with Crippen LogP contribution in [0.1, 0.15) is 42.7 Å². The summed E-state index contributed by atoms with van der Waals surface area (Å²) in [7, 11) is -1.55. The SMILES string of the molecule is CCCN(CCC)c1cc(C(=O)Nc2ccc(S(N)=O)cc2C)ncn1. The molecule has 1 amide bonds. The third-order valence-electron chi connectivity index (χ3n) is 3.87. The largest absolute Gasteiger partial charge is 0.357 e. The second kappa shape index (κ2) is 9.40. The van der Waals surface area contributed by atoms with Crippen LogP contribution in [0.2, 0.25) is 0 Å². The Morgan fingerprint density at radius 1 is 1.19 bits per heavy atom. The Hall–Kier alpha value is -2.32. The molecular weight excluding hydrogens is 350 g/mol. The number of hydrogen-bond acceptors (Lipinski definition) is 5. The van der Waals surface area contributed by atoms with Gasteiger partial charge in [-0.3, -0.25) is 4.79 Å². The number of amides is 1. The van der Waals surface area contributed by atoms with E-state index in [9.17, 15) is 9.00 Å². The van der Waals surface area contributed by atoms with E-state index in [4.69, 9.17) is 5.14 Å². The highest BCUT2D eigenvalue weighted by molar-refractivity contribution is 7.82. The molecule has 1 aromatic heterocycles. The van der Waals surface area contributed by atoms with Crippen LogP contribution in [0.3, 0.4) is 0 Å². The topological polar surface area (TPSA) is 101 Å². The number of aromatic nitrogens is 2. The third kappa shape index (κ3) is 5.09. The van der Waals surface area contributed by atoms with Crippen LogP contribution >= 0.6 is 0 Å². The molecular formula is C18H25N5O2S. The molecule has 8 heteroatoms. The van der Waals surface area contributed by atoms with E-state index in [2.05, 4.69) is 34.0 Å². The van der Waals surface area contributed by atoms with E-state index in [1.807, 2.05) is 6.92 Å². The molecule has 3 N–H and O–H groups in total. The molecule has 26 heavy (non-hydrogen) atoms. The Bertz CT molecular complexity index is 791. The standard InChI is InChI=1S/C18H25N5O2S/c1-4-8-23(9-5-2)17-11-16(20-12-21-17)18(24)22-15-7-6-14(26(19)25)10-13(15)3/h6-7,10-12H,4-5,8-9,19H2,1-3H3,(H,22,24). The number of nitrogens with zero attached hydrogens (tertiary/aromatic N) is 3. The Balaban J connectivity index is 2.19. The van der Waals surface area contributed by atoms with E-state index in [0.717, 1.165) is 37.3 Å². The average molecular weight is 375 g/mol. The molecule has 2 aromatic rings. The van der Waals surface area contributed by atoms with Gasteiger partial charge >= 0.3 is 0 Å². The first-order valence-electron chi connectivity index (χ1n) is 8.61. The molecule has 1 atom stereocenters. The van der Waals surface area contributed by atoms with Crippen LogP contribution in [0.15, 0.2) is 35.5 Å². The Morgan fingerprint density at radius 2 is 1.88 bits per heavy atom. The lowest BCUT2D eigenvalue weighted by Crippen LogP contribution is -2.26. The first kappa shape index (κ1) is 20.0. The maximum atomic E-state index is 12.6. The average Bonchev–Trinajstić information content (AvgIpc) is 2.63. The van der Waals surface area contributed by atoms with Crippen molar-refractivity contribution >= 4 is 28.4 Å². The molecule has 0 spiro atoms. The molecule has 0 aliphatic carbocycles. The summed E-state index contributed by atoms with van der Waals surface area (Å²) in [6, 6.07) is 6.73. The molecule has 1 heterocycles. The first-order chi connectivity index (χ1) is 12.5. The van der Waals surface area contributed by atoms with Crippen LogP contribution < -0.4 is 15.4 Å². The van der Waals surface area contributed by atoms with Crippen molar-refractivity contribution in [3.8, 4) is 0 Å². The normalized spacial score (nSPS) is 11.8. The lowest BCUT2D eigenvalue weighted by Gasteiger charge is -2.22. The van der Waals surface area contributed by atoms with Gasteiger partial charge in [-0.15, -0.1) is 0 Å². The summed E-state index contributed by atoms with van der Waals surface area (Å²) in [6.07, 6.45) is 3.41. The van der Waals surface area contributed by atoms with Crippen LogP contribution in [0.5, 0.6) is 0 Å². The highest BCUT2D eigenvalue weighted by atomic mass is 32.2. The number of rotatable bonds is 8. The maximum Gasteiger partial charge on any atom is 0.274 e. The molecule has 0 radical (unpaired) electrons. The summed E-state index contributed by atoms with van der Waals surface area (Å²) in [4.78, 5) is 23.6. The molecule has 0 fully saturated rings. The molecule has 0 aliphatic heterocycles. The number of hydrogen-bond donors (Lipinski definition) is 2. The van der Waals surface area contributed by atoms with Crippen molar-refractivity contribution in [1.29, 1.82) is 0 Å². The molecule has 2 rings (SSSR count). The van der Waals surface area contributed by atoms with E-state index in [-0.39, 0.29) is 5.91 Å². The van der Waals surface area contributed by atoms with Crippen LogP contribution in [-0.2, 0) is 11.0 Å². The van der Waals surface area contributed by atoms with Crippen LogP contribution in [0.4, 0.5) is 11.5 Å². The second-order valence-electron chi connectivity index (χ2n) is 5.98. The Labute approximate surface area is 156 Å². The highest BCUT2D eigenvalue weighted by Gasteiger charge is 2.14. The van der Waals surface area contributed by atoms with Gasteiger partial charge in [-0.2, -0.15) is 0 Å². The fourth-order valence-corrected chi connectivity index (χ4v) is 3.11. The van der Waals surface area contributed by atoms with Gasteiger partial charge < -0.3 is 10.2 Å². The quantitative estimate of drug-likeness (QED) is 0.738. The number of aryl methyl sites for hydroxylation is 1. The summed E-state index contributed by atoms with van der Waals surface area (Å²) < 4.78 is 11.3. The second-order valence-corrected chi connectivity index (χ2v) is 7.04. The maximum absolute atomic E-state index is 12.6. The zero-order chi connectivity index (χ0) is 19.1. The number of carbonyl (C=O) groups excluding carboxylic acids is 1. The van der Waals surface area contributed by atoms with E-state index < -0.39 is 11.0 Å². The zero-order valence-corrected chi connectivity index (χ0v) is 16.2. The minimum Gasteiger partial charge on any atom is -0.357 e.